The molecular weight excluding hydrogens is 333 g/mol. The van der Waals surface area contributed by atoms with Crippen LogP contribution in [0, 0.1) is 0 Å². The lowest BCUT2D eigenvalue weighted by Crippen LogP contribution is -2.42. The van der Waals surface area contributed by atoms with Gasteiger partial charge in [-0.05, 0) is 26.8 Å². The molecule has 0 spiro atoms. The maximum atomic E-state index is 12.2. The molecule has 0 amide bonds. The van der Waals surface area contributed by atoms with Crippen molar-refractivity contribution in [3.63, 3.8) is 0 Å². The van der Waals surface area contributed by atoms with Crippen LogP contribution in [0.4, 0.5) is 0 Å². The van der Waals surface area contributed by atoms with E-state index in [1.165, 1.54) is 4.31 Å². The van der Waals surface area contributed by atoms with E-state index in [-0.39, 0.29) is 11.8 Å². The smallest absolute Gasteiger partial charge is 0.214 e. The number of nitrogens with zero attached hydrogens (tertiary/aromatic N) is 1. The molecule has 2 rings (SSSR count). The Morgan fingerprint density at radius 1 is 1.33 bits per heavy atom. The summed E-state index contributed by atoms with van der Waals surface area (Å²) in [5.74, 6) is 0.640. The molecule has 1 aromatic rings. The van der Waals surface area contributed by atoms with Crippen LogP contribution in [0.5, 0.6) is 5.75 Å². The van der Waals surface area contributed by atoms with Gasteiger partial charge in [0.2, 0.25) is 10.0 Å². The first kappa shape index (κ1) is 16.9. The highest BCUT2D eigenvalue weighted by Gasteiger charge is 2.39. The Kier molecular flexibility index (Phi) is 4.51. The molecule has 1 unspecified atom stereocenters. The van der Waals surface area contributed by atoms with Crippen LogP contribution in [0.3, 0.4) is 0 Å². The normalized spacial score (nSPS) is 21.0. The maximum absolute atomic E-state index is 12.2. The highest BCUT2D eigenvalue weighted by molar-refractivity contribution is 7.89. The monoisotopic (exact) mass is 351 g/mol. The minimum atomic E-state index is -3.31. The summed E-state index contributed by atoms with van der Waals surface area (Å²) < 4.78 is 31.7. The van der Waals surface area contributed by atoms with Gasteiger partial charge in [0.15, 0.2) is 0 Å². The zero-order valence-electron chi connectivity index (χ0n) is 12.5. The fraction of sp³-hybridized carbons (Fsp3) is 0.571. The standard InChI is InChI=1S/C14H19Cl2NO3S/c1-5-21(18,19)17(4)12-8-14(2,3)20-13-7-11(16)10(15)6-9(12)13/h6-7,12H,5,8H2,1-4H3. The lowest BCUT2D eigenvalue weighted by atomic mass is 9.90. The molecule has 0 radical (unpaired) electrons. The first-order valence-electron chi connectivity index (χ1n) is 6.71. The SMILES string of the molecule is CCS(=O)(=O)N(C)C1CC(C)(C)Oc2cc(Cl)c(Cl)cc21. The maximum Gasteiger partial charge on any atom is 0.214 e. The Bertz CT molecular complexity index is 658. The zero-order valence-corrected chi connectivity index (χ0v) is 14.8. The summed E-state index contributed by atoms with van der Waals surface area (Å²) in [5.41, 5.74) is 0.273. The average Bonchev–Trinajstić information content (AvgIpc) is 2.38. The van der Waals surface area contributed by atoms with Gasteiger partial charge in [0.25, 0.3) is 0 Å². The molecule has 0 bridgehead atoms. The second-order valence-corrected chi connectivity index (χ2v) is 8.93. The molecule has 0 saturated carbocycles. The molecule has 1 aromatic carbocycles. The highest BCUT2D eigenvalue weighted by Crippen LogP contribution is 2.45. The summed E-state index contributed by atoms with van der Waals surface area (Å²) in [7, 11) is -1.72. The minimum Gasteiger partial charge on any atom is -0.487 e. The van der Waals surface area contributed by atoms with Gasteiger partial charge in [0.1, 0.15) is 11.4 Å². The quantitative estimate of drug-likeness (QED) is 0.829. The number of sulfonamides is 1. The van der Waals surface area contributed by atoms with E-state index in [0.29, 0.717) is 22.2 Å². The molecule has 0 saturated heterocycles. The van der Waals surface area contributed by atoms with Gasteiger partial charge in [-0.3, -0.25) is 0 Å². The van der Waals surface area contributed by atoms with E-state index in [2.05, 4.69) is 0 Å². The van der Waals surface area contributed by atoms with Crippen LogP contribution in [0.15, 0.2) is 12.1 Å². The Morgan fingerprint density at radius 3 is 2.48 bits per heavy atom. The fourth-order valence-corrected chi connectivity index (χ4v) is 3.84. The Hall–Kier alpha value is -0.490. The van der Waals surface area contributed by atoms with Crippen LogP contribution in [-0.2, 0) is 10.0 Å². The molecule has 0 aliphatic carbocycles. The molecule has 7 heteroatoms. The largest absolute Gasteiger partial charge is 0.487 e. The molecule has 1 atom stereocenters. The number of rotatable bonds is 3. The van der Waals surface area contributed by atoms with Gasteiger partial charge in [-0.15, -0.1) is 0 Å². The van der Waals surface area contributed by atoms with Crippen molar-refractivity contribution in [2.45, 2.75) is 38.8 Å². The average molecular weight is 352 g/mol. The number of hydrogen-bond donors (Lipinski definition) is 0. The van der Waals surface area contributed by atoms with E-state index in [0.717, 1.165) is 5.56 Å². The van der Waals surface area contributed by atoms with Crippen molar-refractivity contribution in [3.8, 4) is 5.75 Å². The molecule has 1 heterocycles. The predicted molar refractivity (Wildman–Crippen MR) is 85.8 cm³/mol. The Balaban J connectivity index is 2.56. The molecule has 1 aliphatic rings. The summed E-state index contributed by atoms with van der Waals surface area (Å²) in [6.45, 7) is 5.49. The van der Waals surface area contributed by atoms with Gasteiger partial charge in [0, 0.05) is 25.1 Å². The Labute approximate surface area is 136 Å². The third-order valence-electron chi connectivity index (χ3n) is 3.73. The van der Waals surface area contributed by atoms with Crippen molar-refractivity contribution < 1.29 is 13.2 Å². The van der Waals surface area contributed by atoms with Crippen LogP contribution in [0.2, 0.25) is 10.0 Å². The summed E-state index contributed by atoms with van der Waals surface area (Å²) >= 11 is 12.1. The van der Waals surface area contributed by atoms with Gasteiger partial charge in [-0.2, -0.15) is 4.31 Å². The van der Waals surface area contributed by atoms with E-state index >= 15 is 0 Å². The third-order valence-corrected chi connectivity index (χ3v) is 6.31. The molecule has 4 nitrogen and oxygen atoms in total. The summed E-state index contributed by atoms with van der Waals surface area (Å²) in [6, 6.07) is 3.03. The summed E-state index contributed by atoms with van der Waals surface area (Å²) in [4.78, 5) is 0. The number of hydrogen-bond acceptors (Lipinski definition) is 3. The van der Waals surface area contributed by atoms with Crippen molar-refractivity contribution in [1.29, 1.82) is 0 Å². The van der Waals surface area contributed by atoms with E-state index in [1.54, 1.807) is 26.1 Å². The number of fused-ring (bicyclic) bond motifs is 1. The summed E-state index contributed by atoms with van der Waals surface area (Å²) in [6.07, 6.45) is 0.549. The molecule has 0 fully saturated rings. The fourth-order valence-electron chi connectivity index (χ4n) is 2.53. The second kappa shape index (κ2) is 5.61. The predicted octanol–water partition coefficient (Wildman–Crippen LogP) is 3.88. The van der Waals surface area contributed by atoms with Crippen LogP contribution < -0.4 is 4.74 Å². The van der Waals surface area contributed by atoms with Gasteiger partial charge < -0.3 is 4.74 Å². The minimum absolute atomic E-state index is 0.0535. The summed E-state index contributed by atoms with van der Waals surface area (Å²) in [5, 5.41) is 0.791. The first-order valence-corrected chi connectivity index (χ1v) is 9.07. The van der Waals surface area contributed by atoms with Gasteiger partial charge in [-0.1, -0.05) is 23.2 Å². The van der Waals surface area contributed by atoms with Crippen LogP contribution in [0.25, 0.3) is 0 Å². The molecule has 1 aliphatic heterocycles. The third kappa shape index (κ3) is 3.31. The topological polar surface area (TPSA) is 46.6 Å². The highest BCUT2D eigenvalue weighted by atomic mass is 35.5. The van der Waals surface area contributed by atoms with E-state index in [1.807, 2.05) is 13.8 Å². The number of ether oxygens (including phenoxy) is 1. The van der Waals surface area contributed by atoms with Crippen LogP contribution in [-0.4, -0.2) is 31.1 Å². The lowest BCUT2D eigenvalue weighted by Gasteiger charge is -2.41. The molecule has 118 valence electrons. The molecule has 0 aromatic heterocycles. The first-order chi connectivity index (χ1) is 9.57. The second-order valence-electron chi connectivity index (χ2n) is 5.80. The van der Waals surface area contributed by atoms with Crippen molar-refractivity contribution >= 4 is 33.2 Å². The molecule has 0 N–H and O–H groups in total. The van der Waals surface area contributed by atoms with E-state index in [4.69, 9.17) is 27.9 Å². The van der Waals surface area contributed by atoms with Crippen molar-refractivity contribution in [3.05, 3.63) is 27.7 Å². The number of benzene rings is 1. The lowest BCUT2D eigenvalue weighted by molar-refractivity contribution is 0.0542. The van der Waals surface area contributed by atoms with Gasteiger partial charge >= 0.3 is 0 Å². The number of halogens is 2. The van der Waals surface area contributed by atoms with Gasteiger partial charge in [-0.25, -0.2) is 8.42 Å². The van der Waals surface area contributed by atoms with Crippen LogP contribution in [0.1, 0.15) is 38.8 Å². The van der Waals surface area contributed by atoms with Crippen molar-refractivity contribution in [2.24, 2.45) is 0 Å². The zero-order chi connectivity index (χ0) is 16.0. The molecule has 21 heavy (non-hydrogen) atoms. The van der Waals surface area contributed by atoms with E-state index in [9.17, 15) is 8.42 Å². The van der Waals surface area contributed by atoms with Crippen molar-refractivity contribution in [2.75, 3.05) is 12.8 Å². The van der Waals surface area contributed by atoms with Crippen LogP contribution >= 0.6 is 23.2 Å². The van der Waals surface area contributed by atoms with Crippen molar-refractivity contribution in [1.82, 2.24) is 4.31 Å². The molecular formula is C14H19Cl2NO3S. The Morgan fingerprint density at radius 2 is 1.90 bits per heavy atom. The van der Waals surface area contributed by atoms with E-state index < -0.39 is 15.6 Å². The van der Waals surface area contributed by atoms with Gasteiger partial charge in [0.05, 0.1) is 21.8 Å².